The highest BCUT2D eigenvalue weighted by Gasteiger charge is 2.03. The zero-order valence-electron chi connectivity index (χ0n) is 5.78. The van der Waals surface area contributed by atoms with Gasteiger partial charge >= 0.3 is 0 Å². The van der Waals surface area contributed by atoms with Crippen LogP contribution in [0.1, 0.15) is 19.9 Å². The average molecular weight is 126 g/mol. The van der Waals surface area contributed by atoms with Gasteiger partial charge in [0.2, 0.25) is 0 Å². The van der Waals surface area contributed by atoms with Gasteiger partial charge < -0.3 is 0 Å². The van der Waals surface area contributed by atoms with Crippen LogP contribution in [0.4, 0.5) is 0 Å². The third-order valence-corrected chi connectivity index (χ3v) is 1.27. The van der Waals surface area contributed by atoms with Crippen LogP contribution in [0.2, 0.25) is 0 Å². The second-order valence-electron chi connectivity index (χ2n) is 2.34. The molecule has 1 aromatic rings. The van der Waals surface area contributed by atoms with Crippen LogP contribution in [-0.2, 0) is 0 Å². The molecule has 1 aromatic heterocycles. The van der Waals surface area contributed by atoms with Crippen LogP contribution in [-0.4, -0.2) is 4.79 Å². The zero-order chi connectivity index (χ0) is 6.85. The maximum absolute atomic E-state index is 5.52. The van der Waals surface area contributed by atoms with Gasteiger partial charge in [-0.1, -0.05) is 4.79 Å². The van der Waals surface area contributed by atoms with Gasteiger partial charge in [0.1, 0.15) is 12.2 Å². The number of rotatable bonds is 1. The monoisotopic (exact) mass is 126 g/mol. The Labute approximate surface area is 54.7 Å². The molecule has 1 heterocycles. The van der Waals surface area contributed by atoms with Gasteiger partial charge in [0, 0.05) is 6.07 Å². The first-order valence-corrected chi connectivity index (χ1v) is 3.05. The van der Waals surface area contributed by atoms with E-state index in [1.807, 2.05) is 23.1 Å². The lowest BCUT2D eigenvalue weighted by atomic mass is 10.4. The van der Waals surface area contributed by atoms with Crippen LogP contribution in [0.25, 0.3) is 0 Å². The first-order valence-electron chi connectivity index (χ1n) is 3.05. The predicted molar refractivity (Wildman–Crippen MR) is 35.2 cm³/mol. The topological polar surface area (TPSA) is 34.8 Å². The van der Waals surface area contributed by atoms with E-state index in [1.165, 1.54) is 0 Å². The van der Waals surface area contributed by atoms with Crippen molar-refractivity contribution in [3.05, 3.63) is 18.5 Å². The summed E-state index contributed by atoms with van der Waals surface area (Å²) in [4.78, 5) is 1.57. The van der Waals surface area contributed by atoms with E-state index in [9.17, 15) is 0 Å². The molecule has 0 aromatic carbocycles. The Morgan fingerprint density at radius 2 is 2.22 bits per heavy atom. The second kappa shape index (κ2) is 2.09. The fourth-order valence-electron chi connectivity index (χ4n) is 0.808. The van der Waals surface area contributed by atoms with Gasteiger partial charge in [-0.2, -0.15) is 4.68 Å². The standard InChI is InChI=1S/C6H12N3/c1-6(2)8-4-3-5-9(8)7/h3-6H,7H2,1-2H3/q+1. The van der Waals surface area contributed by atoms with Gasteiger partial charge in [0.25, 0.3) is 0 Å². The van der Waals surface area contributed by atoms with E-state index in [1.54, 1.807) is 4.79 Å². The first-order chi connectivity index (χ1) is 4.22. The molecule has 0 saturated heterocycles. The number of nitrogens with zero attached hydrogens (tertiary/aromatic N) is 2. The fourth-order valence-corrected chi connectivity index (χ4v) is 0.808. The lowest BCUT2D eigenvalue weighted by Crippen LogP contribution is -2.47. The highest BCUT2D eigenvalue weighted by atomic mass is 15.5. The Bertz CT molecular complexity index is 190. The molecular formula is C6H12N3+. The molecule has 0 radical (unpaired) electrons. The molecule has 3 heteroatoms. The van der Waals surface area contributed by atoms with Crippen LogP contribution < -0.4 is 10.5 Å². The maximum atomic E-state index is 5.52. The van der Waals surface area contributed by atoms with E-state index in [0.717, 1.165) is 0 Å². The van der Waals surface area contributed by atoms with Crippen molar-refractivity contribution in [2.45, 2.75) is 19.9 Å². The van der Waals surface area contributed by atoms with E-state index >= 15 is 0 Å². The molecule has 0 spiro atoms. The summed E-state index contributed by atoms with van der Waals surface area (Å²) in [6.45, 7) is 4.17. The minimum atomic E-state index is 0.435. The maximum Gasteiger partial charge on any atom is 0.115 e. The zero-order valence-corrected chi connectivity index (χ0v) is 5.78. The molecule has 0 aliphatic rings. The van der Waals surface area contributed by atoms with E-state index in [2.05, 4.69) is 13.8 Å². The largest absolute Gasteiger partial charge is 0.219 e. The van der Waals surface area contributed by atoms with E-state index < -0.39 is 0 Å². The molecule has 1 rings (SSSR count). The van der Waals surface area contributed by atoms with E-state index in [-0.39, 0.29) is 0 Å². The molecule has 0 saturated carbocycles. The van der Waals surface area contributed by atoms with Gasteiger partial charge in [-0.05, 0) is 13.8 Å². The minimum Gasteiger partial charge on any atom is -0.219 e. The molecule has 0 amide bonds. The van der Waals surface area contributed by atoms with Crippen LogP contribution in [0.5, 0.6) is 0 Å². The SMILES string of the molecule is CC(C)[n+]1cccn1N. The molecule has 0 aliphatic carbocycles. The quantitative estimate of drug-likeness (QED) is 0.419. The molecule has 0 atom stereocenters. The number of hydrogen-bond acceptors (Lipinski definition) is 1. The van der Waals surface area contributed by atoms with Crippen molar-refractivity contribution in [3.63, 3.8) is 0 Å². The van der Waals surface area contributed by atoms with Crippen molar-refractivity contribution in [3.8, 4) is 0 Å². The summed E-state index contributed by atoms with van der Waals surface area (Å²) in [5.74, 6) is 5.52. The van der Waals surface area contributed by atoms with Gasteiger partial charge in [-0.15, -0.1) is 0 Å². The predicted octanol–water partition coefficient (Wildman–Crippen LogP) is 0.0703. The summed E-state index contributed by atoms with van der Waals surface area (Å²) in [5, 5.41) is 0. The summed E-state index contributed by atoms with van der Waals surface area (Å²) in [6, 6.07) is 2.35. The average Bonchev–Trinajstić information content (AvgIpc) is 2.13. The van der Waals surface area contributed by atoms with Crippen molar-refractivity contribution in [2.24, 2.45) is 0 Å². The van der Waals surface area contributed by atoms with Crippen molar-refractivity contribution >= 4 is 0 Å². The number of nitrogens with two attached hydrogens (primary N) is 1. The first kappa shape index (κ1) is 6.13. The smallest absolute Gasteiger partial charge is 0.115 e. The number of nitrogen functional groups attached to an aromatic ring is 1. The second-order valence-corrected chi connectivity index (χ2v) is 2.34. The molecule has 9 heavy (non-hydrogen) atoms. The fraction of sp³-hybridized carbons (Fsp3) is 0.500. The van der Waals surface area contributed by atoms with Crippen LogP contribution in [0, 0.1) is 0 Å². The Morgan fingerprint density at radius 1 is 1.56 bits per heavy atom. The normalized spacial score (nSPS) is 10.6. The summed E-state index contributed by atoms with van der Waals surface area (Å²) in [5.41, 5.74) is 0. The van der Waals surface area contributed by atoms with Crippen molar-refractivity contribution in [1.29, 1.82) is 0 Å². The Balaban J connectivity index is 2.94. The Kier molecular flexibility index (Phi) is 1.42. The highest BCUT2D eigenvalue weighted by molar-refractivity contribution is 4.70. The van der Waals surface area contributed by atoms with E-state index in [0.29, 0.717) is 6.04 Å². The van der Waals surface area contributed by atoms with Crippen molar-refractivity contribution < 1.29 is 4.68 Å². The molecule has 50 valence electrons. The summed E-state index contributed by atoms with van der Waals surface area (Å²) in [7, 11) is 0. The Morgan fingerprint density at radius 3 is 2.44 bits per heavy atom. The summed E-state index contributed by atoms with van der Waals surface area (Å²) < 4.78 is 1.94. The number of hydrogen-bond donors (Lipinski definition) is 1. The molecule has 3 nitrogen and oxygen atoms in total. The lowest BCUT2D eigenvalue weighted by Gasteiger charge is -2.01. The van der Waals surface area contributed by atoms with Gasteiger partial charge in [-0.3, -0.25) is 0 Å². The molecule has 0 bridgehead atoms. The van der Waals surface area contributed by atoms with Gasteiger partial charge in [0.15, 0.2) is 0 Å². The minimum absolute atomic E-state index is 0.435. The third-order valence-electron chi connectivity index (χ3n) is 1.27. The number of aromatic nitrogens is 2. The van der Waals surface area contributed by atoms with Gasteiger partial charge in [0.05, 0.1) is 6.20 Å². The van der Waals surface area contributed by atoms with Crippen molar-refractivity contribution in [2.75, 3.05) is 5.84 Å². The summed E-state index contributed by atoms with van der Waals surface area (Å²) >= 11 is 0. The summed E-state index contributed by atoms with van der Waals surface area (Å²) in [6.07, 6.45) is 3.77. The Hall–Kier alpha value is -0.990. The van der Waals surface area contributed by atoms with Crippen LogP contribution in [0.3, 0.4) is 0 Å². The molecule has 0 aliphatic heterocycles. The molecule has 0 fully saturated rings. The van der Waals surface area contributed by atoms with Crippen LogP contribution >= 0.6 is 0 Å². The molecule has 0 unspecified atom stereocenters. The van der Waals surface area contributed by atoms with Gasteiger partial charge in [-0.25, -0.2) is 5.84 Å². The molecule has 2 N–H and O–H groups in total. The third kappa shape index (κ3) is 1.04. The highest BCUT2D eigenvalue weighted by Crippen LogP contribution is 1.87. The van der Waals surface area contributed by atoms with Crippen molar-refractivity contribution in [1.82, 2.24) is 4.79 Å². The van der Waals surface area contributed by atoms with E-state index in [4.69, 9.17) is 5.84 Å². The lowest BCUT2D eigenvalue weighted by molar-refractivity contribution is -0.787. The molecular weight excluding hydrogens is 114 g/mol. The van der Waals surface area contributed by atoms with Crippen LogP contribution in [0.15, 0.2) is 18.5 Å².